The minimum atomic E-state index is -0.779. The van der Waals surface area contributed by atoms with Crippen LogP contribution in [0.2, 0.25) is 10.0 Å². The number of likely N-dealkylation sites (tertiary alicyclic amines) is 1. The molecular formula is C25H26Cl2N2O4. The van der Waals surface area contributed by atoms with E-state index in [2.05, 4.69) is 6.58 Å². The number of carbonyl (C=O) groups is 2. The number of ketones is 1. The van der Waals surface area contributed by atoms with Crippen LogP contribution in [0.5, 0.6) is 5.75 Å². The van der Waals surface area contributed by atoms with E-state index in [1.165, 1.54) is 4.90 Å². The lowest BCUT2D eigenvalue weighted by molar-refractivity contribution is -0.139. The number of nitrogens with zero attached hydrogens (tertiary/aromatic N) is 2. The minimum absolute atomic E-state index is 0.0167. The van der Waals surface area contributed by atoms with Gasteiger partial charge in [-0.1, -0.05) is 41.9 Å². The Kier molecular flexibility index (Phi) is 8.19. The lowest BCUT2D eigenvalue weighted by Gasteiger charge is -2.26. The van der Waals surface area contributed by atoms with Gasteiger partial charge in [0.2, 0.25) is 0 Å². The van der Waals surface area contributed by atoms with Crippen molar-refractivity contribution in [1.29, 1.82) is 0 Å². The lowest BCUT2D eigenvalue weighted by Crippen LogP contribution is -2.32. The van der Waals surface area contributed by atoms with Crippen molar-refractivity contribution in [2.24, 2.45) is 0 Å². The van der Waals surface area contributed by atoms with Crippen molar-refractivity contribution in [3.8, 4) is 5.75 Å². The van der Waals surface area contributed by atoms with Gasteiger partial charge in [-0.05, 0) is 69.0 Å². The highest BCUT2D eigenvalue weighted by Gasteiger charge is 2.45. The predicted molar refractivity (Wildman–Crippen MR) is 131 cm³/mol. The molecule has 2 aromatic rings. The van der Waals surface area contributed by atoms with Crippen LogP contribution in [0.1, 0.15) is 23.6 Å². The van der Waals surface area contributed by atoms with E-state index < -0.39 is 17.7 Å². The minimum Gasteiger partial charge on any atom is -0.507 e. The number of Topliss-reactive ketones (excluding diaryl/α,β-unsaturated/α-hetero) is 1. The van der Waals surface area contributed by atoms with E-state index in [1.54, 1.807) is 48.5 Å². The van der Waals surface area contributed by atoms with Gasteiger partial charge >= 0.3 is 0 Å². The van der Waals surface area contributed by atoms with Gasteiger partial charge in [0, 0.05) is 12.1 Å². The SMILES string of the molecule is C=CCOc1ccc(C(O)=C2C(=O)C(=O)N(CCCN(C)C)[C@@H]2c2ccc(Cl)c(Cl)c2)cc1. The van der Waals surface area contributed by atoms with Crippen LogP contribution >= 0.6 is 23.2 Å². The Morgan fingerprint density at radius 3 is 2.45 bits per heavy atom. The summed E-state index contributed by atoms with van der Waals surface area (Å²) in [5, 5.41) is 11.8. The summed E-state index contributed by atoms with van der Waals surface area (Å²) in [6.45, 7) is 5.04. The maximum atomic E-state index is 13.1. The number of halogens is 2. The molecule has 0 bridgehead atoms. The van der Waals surface area contributed by atoms with E-state index in [0.29, 0.717) is 46.5 Å². The summed E-state index contributed by atoms with van der Waals surface area (Å²) in [4.78, 5) is 29.5. The first-order valence-corrected chi connectivity index (χ1v) is 11.2. The summed E-state index contributed by atoms with van der Waals surface area (Å²) in [6, 6.07) is 10.8. The Morgan fingerprint density at radius 1 is 1.15 bits per heavy atom. The second kappa shape index (κ2) is 10.9. The molecule has 1 fully saturated rings. The van der Waals surface area contributed by atoms with Crippen LogP contribution in [0.3, 0.4) is 0 Å². The topological polar surface area (TPSA) is 70.1 Å². The summed E-state index contributed by atoms with van der Waals surface area (Å²) in [5.41, 5.74) is 1.02. The number of ether oxygens (including phenoxy) is 1. The number of aliphatic hydroxyl groups is 1. The molecule has 2 aromatic carbocycles. The number of aliphatic hydroxyl groups excluding tert-OH is 1. The van der Waals surface area contributed by atoms with Gasteiger partial charge in [-0.3, -0.25) is 9.59 Å². The van der Waals surface area contributed by atoms with E-state index in [1.807, 2.05) is 19.0 Å². The van der Waals surface area contributed by atoms with Crippen LogP contribution in [-0.2, 0) is 9.59 Å². The maximum absolute atomic E-state index is 13.1. The summed E-state index contributed by atoms with van der Waals surface area (Å²) >= 11 is 12.3. The summed E-state index contributed by atoms with van der Waals surface area (Å²) in [5.74, 6) is -1.05. The molecule has 1 N–H and O–H groups in total. The fraction of sp³-hybridized carbons (Fsp3) is 0.280. The van der Waals surface area contributed by atoms with Gasteiger partial charge < -0.3 is 19.6 Å². The molecule has 0 spiro atoms. The Bertz CT molecular complexity index is 1080. The highest BCUT2D eigenvalue weighted by atomic mass is 35.5. The molecule has 33 heavy (non-hydrogen) atoms. The van der Waals surface area contributed by atoms with E-state index in [0.717, 1.165) is 6.54 Å². The quantitative estimate of drug-likeness (QED) is 0.234. The molecular weight excluding hydrogens is 463 g/mol. The largest absolute Gasteiger partial charge is 0.507 e. The number of hydrogen-bond donors (Lipinski definition) is 1. The van der Waals surface area contributed by atoms with Crippen LogP contribution in [0.25, 0.3) is 5.76 Å². The molecule has 1 saturated heterocycles. The normalized spacial score (nSPS) is 17.6. The fourth-order valence-electron chi connectivity index (χ4n) is 3.72. The highest BCUT2D eigenvalue weighted by Crippen LogP contribution is 2.41. The van der Waals surface area contributed by atoms with Gasteiger partial charge in [-0.15, -0.1) is 0 Å². The zero-order valence-corrected chi connectivity index (χ0v) is 20.1. The number of carbonyl (C=O) groups excluding carboxylic acids is 2. The number of benzene rings is 2. The fourth-order valence-corrected chi connectivity index (χ4v) is 4.02. The molecule has 1 atom stereocenters. The van der Waals surface area contributed by atoms with Crippen molar-refractivity contribution in [2.75, 3.05) is 33.8 Å². The van der Waals surface area contributed by atoms with Crippen molar-refractivity contribution >= 4 is 40.7 Å². The van der Waals surface area contributed by atoms with Gasteiger partial charge in [0.25, 0.3) is 11.7 Å². The standard InChI is InChI=1S/C25H26Cl2N2O4/c1-4-14-33-18-9-6-16(7-10-18)23(30)21-22(17-8-11-19(26)20(27)15-17)29(25(32)24(21)31)13-5-12-28(2)3/h4,6-11,15,22,30H,1,5,12-14H2,2-3H3/t22-/m1/s1. The van der Waals surface area contributed by atoms with Gasteiger partial charge in [0.05, 0.1) is 21.7 Å². The predicted octanol–water partition coefficient (Wildman–Crippen LogP) is 4.93. The first-order valence-electron chi connectivity index (χ1n) is 10.5. The van der Waals surface area contributed by atoms with Gasteiger partial charge in [-0.2, -0.15) is 0 Å². The number of amides is 1. The number of hydrogen-bond acceptors (Lipinski definition) is 5. The zero-order chi connectivity index (χ0) is 24.1. The van der Waals surface area contributed by atoms with Crippen molar-refractivity contribution in [3.05, 3.63) is 81.9 Å². The average Bonchev–Trinajstić information content (AvgIpc) is 3.04. The van der Waals surface area contributed by atoms with Crippen LogP contribution in [0.15, 0.2) is 60.7 Å². The summed E-state index contributed by atoms with van der Waals surface area (Å²) in [6.07, 6.45) is 2.29. The molecule has 0 radical (unpaired) electrons. The van der Waals surface area contributed by atoms with Crippen molar-refractivity contribution in [2.45, 2.75) is 12.5 Å². The Morgan fingerprint density at radius 2 is 1.85 bits per heavy atom. The average molecular weight is 489 g/mol. The summed E-state index contributed by atoms with van der Waals surface area (Å²) < 4.78 is 5.47. The van der Waals surface area contributed by atoms with Crippen LogP contribution in [0.4, 0.5) is 0 Å². The van der Waals surface area contributed by atoms with Crippen LogP contribution < -0.4 is 4.74 Å². The molecule has 1 amide bonds. The van der Waals surface area contributed by atoms with E-state index in [9.17, 15) is 14.7 Å². The molecule has 1 aliphatic heterocycles. The van der Waals surface area contributed by atoms with Gasteiger partial charge in [-0.25, -0.2) is 0 Å². The molecule has 174 valence electrons. The Balaban J connectivity index is 2.05. The lowest BCUT2D eigenvalue weighted by atomic mass is 9.95. The van der Waals surface area contributed by atoms with Crippen molar-refractivity contribution < 1.29 is 19.4 Å². The molecule has 1 aliphatic rings. The number of rotatable bonds is 9. The second-order valence-corrected chi connectivity index (χ2v) is 8.76. The third kappa shape index (κ3) is 5.58. The second-order valence-electron chi connectivity index (χ2n) is 7.95. The third-order valence-electron chi connectivity index (χ3n) is 5.30. The van der Waals surface area contributed by atoms with E-state index in [4.69, 9.17) is 27.9 Å². The first-order chi connectivity index (χ1) is 15.7. The third-order valence-corrected chi connectivity index (χ3v) is 6.04. The molecule has 0 saturated carbocycles. The smallest absolute Gasteiger partial charge is 0.295 e. The van der Waals surface area contributed by atoms with Gasteiger partial charge in [0.15, 0.2) is 0 Å². The van der Waals surface area contributed by atoms with E-state index in [-0.39, 0.29) is 11.3 Å². The summed E-state index contributed by atoms with van der Waals surface area (Å²) in [7, 11) is 3.87. The molecule has 8 heteroatoms. The molecule has 1 heterocycles. The van der Waals surface area contributed by atoms with Gasteiger partial charge in [0.1, 0.15) is 18.1 Å². The van der Waals surface area contributed by atoms with Crippen molar-refractivity contribution in [1.82, 2.24) is 9.80 Å². The monoisotopic (exact) mass is 488 g/mol. The first kappa shape index (κ1) is 24.8. The highest BCUT2D eigenvalue weighted by molar-refractivity contribution is 6.46. The van der Waals surface area contributed by atoms with Crippen LogP contribution in [-0.4, -0.2) is 60.4 Å². The maximum Gasteiger partial charge on any atom is 0.295 e. The molecule has 0 aliphatic carbocycles. The van der Waals surface area contributed by atoms with Crippen LogP contribution in [0, 0.1) is 0 Å². The van der Waals surface area contributed by atoms with E-state index >= 15 is 0 Å². The zero-order valence-electron chi connectivity index (χ0n) is 18.6. The molecule has 6 nitrogen and oxygen atoms in total. The Labute approximate surface area is 203 Å². The molecule has 0 unspecified atom stereocenters. The Hall–Kier alpha value is -2.80. The van der Waals surface area contributed by atoms with Crippen molar-refractivity contribution in [3.63, 3.8) is 0 Å². The molecule has 0 aromatic heterocycles. The molecule has 3 rings (SSSR count).